The van der Waals surface area contributed by atoms with Crippen molar-refractivity contribution in [2.45, 2.75) is 63.7 Å². The smallest absolute Gasteiger partial charge is 0.230 e. The summed E-state index contributed by atoms with van der Waals surface area (Å²) in [5.41, 5.74) is 0.858. The van der Waals surface area contributed by atoms with E-state index in [2.05, 4.69) is 25.3 Å². The Hall–Kier alpha value is -2.28. The number of rotatable bonds is 4. The summed E-state index contributed by atoms with van der Waals surface area (Å²) in [6.45, 7) is 3.67. The van der Waals surface area contributed by atoms with Crippen LogP contribution in [0.2, 0.25) is 0 Å². The largest absolute Gasteiger partial charge is 0.356 e. The number of hydrogen-bond donors (Lipinski definition) is 1. The average Bonchev–Trinajstić information content (AvgIpc) is 3.26. The zero-order valence-electron chi connectivity index (χ0n) is 17.8. The molecule has 1 aliphatic carbocycles. The monoisotopic (exact) mass is 411 g/mol. The van der Waals surface area contributed by atoms with Crippen LogP contribution in [0.3, 0.4) is 0 Å². The first-order chi connectivity index (χ1) is 14.8. The van der Waals surface area contributed by atoms with Crippen LogP contribution in [0.5, 0.6) is 0 Å². The highest BCUT2D eigenvalue weighted by molar-refractivity contribution is 5.76. The van der Waals surface area contributed by atoms with Crippen molar-refractivity contribution >= 4 is 5.91 Å². The molecular weight excluding hydrogens is 378 g/mol. The first kappa shape index (κ1) is 21.0. The summed E-state index contributed by atoms with van der Waals surface area (Å²) in [7, 11) is 0. The van der Waals surface area contributed by atoms with Crippen LogP contribution < -0.4 is 5.32 Å². The van der Waals surface area contributed by atoms with E-state index in [1.165, 1.54) is 32.1 Å². The fourth-order valence-electron chi connectivity index (χ4n) is 4.73. The fourth-order valence-corrected chi connectivity index (χ4v) is 4.73. The van der Waals surface area contributed by atoms with Crippen LogP contribution >= 0.6 is 0 Å². The SMILES string of the molecule is O=C1CCN(CC2CCCCC2)CCCC(c2nc(-c3cccnc3)no2)CCN1. The second-order valence-corrected chi connectivity index (χ2v) is 8.73. The van der Waals surface area contributed by atoms with E-state index < -0.39 is 0 Å². The Bertz CT molecular complexity index is 788. The van der Waals surface area contributed by atoms with Gasteiger partial charge in [0.25, 0.3) is 0 Å². The van der Waals surface area contributed by atoms with E-state index in [1.54, 1.807) is 12.4 Å². The van der Waals surface area contributed by atoms with Crippen molar-refractivity contribution in [2.75, 3.05) is 26.2 Å². The highest BCUT2D eigenvalue weighted by atomic mass is 16.5. The first-order valence-electron chi connectivity index (χ1n) is 11.5. The maximum Gasteiger partial charge on any atom is 0.230 e. The molecule has 7 nitrogen and oxygen atoms in total. The average molecular weight is 412 g/mol. The zero-order chi connectivity index (χ0) is 20.6. The molecule has 1 saturated carbocycles. The highest BCUT2D eigenvalue weighted by Crippen LogP contribution is 2.27. The molecule has 0 spiro atoms. The maximum atomic E-state index is 12.3. The van der Waals surface area contributed by atoms with E-state index in [0.29, 0.717) is 24.7 Å². The van der Waals surface area contributed by atoms with Gasteiger partial charge in [0.1, 0.15) is 0 Å². The third kappa shape index (κ3) is 5.88. The van der Waals surface area contributed by atoms with E-state index in [9.17, 15) is 4.79 Å². The first-order valence-corrected chi connectivity index (χ1v) is 11.5. The molecule has 0 bridgehead atoms. The topological polar surface area (TPSA) is 84.2 Å². The molecule has 1 amide bonds. The number of carbonyl (C=O) groups is 1. The number of hydrogen-bond acceptors (Lipinski definition) is 6. The number of carbonyl (C=O) groups excluding carboxylic acids is 1. The second kappa shape index (κ2) is 10.7. The Kier molecular flexibility index (Phi) is 7.45. The Balaban J connectivity index is 1.40. The third-order valence-corrected chi connectivity index (χ3v) is 6.45. The van der Waals surface area contributed by atoms with E-state index in [-0.39, 0.29) is 11.8 Å². The van der Waals surface area contributed by atoms with Gasteiger partial charge in [0, 0.05) is 49.9 Å². The van der Waals surface area contributed by atoms with E-state index >= 15 is 0 Å². The molecular formula is C23H33N5O2. The van der Waals surface area contributed by atoms with Gasteiger partial charge in [0.2, 0.25) is 17.6 Å². The van der Waals surface area contributed by atoms with Crippen molar-refractivity contribution in [3.63, 3.8) is 0 Å². The van der Waals surface area contributed by atoms with Gasteiger partial charge in [-0.2, -0.15) is 4.98 Å². The van der Waals surface area contributed by atoms with Gasteiger partial charge >= 0.3 is 0 Å². The number of nitrogens with one attached hydrogen (secondary N) is 1. The molecule has 1 saturated heterocycles. The Labute approximate surface area is 178 Å². The molecule has 4 rings (SSSR count). The minimum atomic E-state index is 0.144. The van der Waals surface area contributed by atoms with Crippen LogP contribution in [0.1, 0.15) is 69.6 Å². The summed E-state index contributed by atoms with van der Waals surface area (Å²) in [5.74, 6) is 2.35. The second-order valence-electron chi connectivity index (χ2n) is 8.73. The lowest BCUT2D eigenvalue weighted by atomic mass is 9.89. The number of aromatic nitrogens is 3. The summed E-state index contributed by atoms with van der Waals surface area (Å²) in [6, 6.07) is 3.80. The summed E-state index contributed by atoms with van der Waals surface area (Å²) in [5, 5.41) is 7.24. The van der Waals surface area contributed by atoms with Crippen LogP contribution in [-0.2, 0) is 4.79 Å². The van der Waals surface area contributed by atoms with Crippen LogP contribution in [0.25, 0.3) is 11.4 Å². The molecule has 1 N–H and O–H groups in total. The van der Waals surface area contributed by atoms with Crippen LogP contribution in [0.4, 0.5) is 0 Å². The molecule has 0 aromatic carbocycles. The van der Waals surface area contributed by atoms with E-state index in [1.807, 2.05) is 12.1 Å². The molecule has 3 heterocycles. The predicted molar refractivity (Wildman–Crippen MR) is 115 cm³/mol. The van der Waals surface area contributed by atoms with Crippen molar-refractivity contribution in [2.24, 2.45) is 5.92 Å². The van der Waals surface area contributed by atoms with Gasteiger partial charge < -0.3 is 14.7 Å². The van der Waals surface area contributed by atoms with Gasteiger partial charge in [-0.25, -0.2) is 0 Å². The van der Waals surface area contributed by atoms with Gasteiger partial charge in [-0.05, 0) is 56.7 Å². The minimum absolute atomic E-state index is 0.144. The minimum Gasteiger partial charge on any atom is -0.356 e. The molecule has 1 unspecified atom stereocenters. The van der Waals surface area contributed by atoms with Gasteiger partial charge in [-0.1, -0.05) is 24.4 Å². The molecule has 2 aliphatic rings. The molecule has 1 aliphatic heterocycles. The summed E-state index contributed by atoms with van der Waals surface area (Å²) < 4.78 is 5.62. The number of nitrogens with zero attached hydrogens (tertiary/aromatic N) is 4. The van der Waals surface area contributed by atoms with Crippen molar-refractivity contribution in [3.05, 3.63) is 30.4 Å². The Morgan fingerprint density at radius 3 is 2.83 bits per heavy atom. The molecule has 2 fully saturated rings. The zero-order valence-corrected chi connectivity index (χ0v) is 17.8. The third-order valence-electron chi connectivity index (χ3n) is 6.45. The summed E-state index contributed by atoms with van der Waals surface area (Å²) >= 11 is 0. The maximum absolute atomic E-state index is 12.3. The number of pyridine rings is 1. The Morgan fingerprint density at radius 1 is 1.10 bits per heavy atom. The van der Waals surface area contributed by atoms with E-state index in [0.717, 1.165) is 50.4 Å². The van der Waals surface area contributed by atoms with E-state index in [4.69, 9.17) is 4.52 Å². The molecule has 2 aromatic heterocycles. The molecule has 7 heteroatoms. The van der Waals surface area contributed by atoms with Gasteiger partial charge in [0.05, 0.1) is 0 Å². The predicted octanol–water partition coefficient (Wildman–Crippen LogP) is 3.79. The molecule has 162 valence electrons. The Morgan fingerprint density at radius 2 is 2.00 bits per heavy atom. The fraction of sp³-hybridized carbons (Fsp3) is 0.652. The lowest BCUT2D eigenvalue weighted by Gasteiger charge is -2.29. The summed E-state index contributed by atoms with van der Waals surface area (Å²) in [6.07, 6.45) is 13.7. The summed E-state index contributed by atoms with van der Waals surface area (Å²) in [4.78, 5) is 23.6. The standard InChI is InChI=1S/C23H33N5O2/c29-21-11-15-28(17-18-6-2-1-3-7-18)14-5-9-19(10-13-25-21)23-26-22(27-30-23)20-8-4-12-24-16-20/h4,8,12,16,18-19H,1-3,5-7,9-11,13-15,17H2,(H,25,29). The van der Waals surface area contributed by atoms with Gasteiger partial charge in [-0.15, -0.1) is 0 Å². The number of amides is 1. The normalized spacial score (nSPS) is 22.9. The van der Waals surface area contributed by atoms with Crippen LogP contribution in [0, 0.1) is 5.92 Å². The molecule has 30 heavy (non-hydrogen) atoms. The van der Waals surface area contributed by atoms with Crippen LogP contribution in [-0.4, -0.2) is 52.1 Å². The van der Waals surface area contributed by atoms with Crippen molar-refractivity contribution in [1.82, 2.24) is 25.3 Å². The quantitative estimate of drug-likeness (QED) is 0.824. The van der Waals surface area contributed by atoms with Gasteiger partial charge in [-0.3, -0.25) is 9.78 Å². The van der Waals surface area contributed by atoms with Crippen molar-refractivity contribution in [3.8, 4) is 11.4 Å². The lowest BCUT2D eigenvalue weighted by Crippen LogP contribution is -2.35. The lowest BCUT2D eigenvalue weighted by molar-refractivity contribution is -0.121. The van der Waals surface area contributed by atoms with Crippen LogP contribution in [0.15, 0.2) is 29.0 Å². The molecule has 1 atom stereocenters. The van der Waals surface area contributed by atoms with Gasteiger partial charge in [0.15, 0.2) is 0 Å². The molecule has 2 aromatic rings. The van der Waals surface area contributed by atoms with Crippen molar-refractivity contribution in [1.29, 1.82) is 0 Å². The van der Waals surface area contributed by atoms with Crippen molar-refractivity contribution < 1.29 is 9.32 Å². The molecule has 0 radical (unpaired) electrons. The highest BCUT2D eigenvalue weighted by Gasteiger charge is 2.23.